The number of furan rings is 2. The van der Waals surface area contributed by atoms with Crippen molar-refractivity contribution in [3.05, 3.63) is 212 Å². The molecule has 0 spiro atoms. The number of anilines is 3. The highest BCUT2D eigenvalue weighted by molar-refractivity contribution is 6.13. The van der Waals surface area contributed by atoms with Crippen molar-refractivity contribution in [1.82, 2.24) is 9.97 Å². The first-order valence-corrected chi connectivity index (χ1v) is 20.5. The highest BCUT2D eigenvalue weighted by atomic mass is 16.3. The molecule has 0 fully saturated rings. The van der Waals surface area contributed by atoms with E-state index < -0.39 is 0 Å². The quantitative estimate of drug-likeness (QED) is 0.161. The standard InChI is InChI=1S/C56H35N3O2/c1-3-14-43(15-4-1)59(44-16-5-2-6-17-44)45-31-28-37(29-32-45)41-30-33-47-51(35-41)60-50-21-11-19-46(52(47)50)38-23-25-39(26-24-38)56-57-53(42-27-22-36-12-7-8-13-40(36)34-42)55-54(58-56)48-18-9-10-20-49(48)61-55/h1-35H. The summed E-state index contributed by atoms with van der Waals surface area (Å²) >= 11 is 0. The summed E-state index contributed by atoms with van der Waals surface area (Å²) in [4.78, 5) is 12.6. The number of para-hydroxylation sites is 3. The Hall–Kier alpha value is -8.28. The van der Waals surface area contributed by atoms with Crippen LogP contribution in [0, 0.1) is 0 Å². The molecule has 0 bridgehead atoms. The van der Waals surface area contributed by atoms with E-state index in [1.165, 1.54) is 5.39 Å². The largest absolute Gasteiger partial charge is 0.456 e. The number of aromatic nitrogens is 2. The van der Waals surface area contributed by atoms with Crippen molar-refractivity contribution in [2.45, 2.75) is 0 Å². The molecule has 0 aliphatic heterocycles. The van der Waals surface area contributed by atoms with Crippen LogP contribution in [0.2, 0.25) is 0 Å². The fraction of sp³-hybridized carbons (Fsp3) is 0. The van der Waals surface area contributed by atoms with Crippen molar-refractivity contribution in [1.29, 1.82) is 0 Å². The van der Waals surface area contributed by atoms with Crippen LogP contribution in [-0.4, -0.2) is 9.97 Å². The van der Waals surface area contributed by atoms with Crippen LogP contribution >= 0.6 is 0 Å². The maximum atomic E-state index is 6.56. The topological polar surface area (TPSA) is 55.3 Å². The minimum absolute atomic E-state index is 0.647. The molecule has 0 radical (unpaired) electrons. The van der Waals surface area contributed by atoms with E-state index in [0.29, 0.717) is 11.4 Å². The van der Waals surface area contributed by atoms with E-state index in [1.807, 2.05) is 30.3 Å². The van der Waals surface area contributed by atoms with Gasteiger partial charge in [0, 0.05) is 44.3 Å². The van der Waals surface area contributed by atoms with E-state index in [0.717, 1.165) is 99.9 Å². The van der Waals surface area contributed by atoms with Crippen molar-refractivity contribution >= 4 is 71.8 Å². The predicted octanol–water partition coefficient (Wildman–Crippen LogP) is 15.6. The van der Waals surface area contributed by atoms with Crippen LogP contribution in [0.3, 0.4) is 0 Å². The van der Waals surface area contributed by atoms with Gasteiger partial charge in [-0.15, -0.1) is 0 Å². The first-order chi connectivity index (χ1) is 30.2. The molecule has 12 rings (SSSR count). The first kappa shape index (κ1) is 34.7. The van der Waals surface area contributed by atoms with Gasteiger partial charge < -0.3 is 13.7 Å². The molecule has 5 heteroatoms. The van der Waals surface area contributed by atoms with Gasteiger partial charge in [0.1, 0.15) is 28.0 Å². The van der Waals surface area contributed by atoms with Gasteiger partial charge in [-0.1, -0.05) is 140 Å². The number of benzene rings is 9. The van der Waals surface area contributed by atoms with Crippen molar-refractivity contribution in [3.8, 4) is 44.9 Å². The molecular weight excluding hydrogens is 747 g/mol. The lowest BCUT2D eigenvalue weighted by molar-refractivity contribution is 0.667. The van der Waals surface area contributed by atoms with E-state index >= 15 is 0 Å². The molecule has 5 nitrogen and oxygen atoms in total. The zero-order valence-corrected chi connectivity index (χ0v) is 32.9. The molecule has 3 aromatic heterocycles. The Morgan fingerprint density at radius 1 is 0.361 bits per heavy atom. The SMILES string of the molecule is c1ccc(N(c2ccccc2)c2ccc(-c3ccc4c(c3)oc3cccc(-c5ccc(-c6nc(-c7ccc8ccccc8c7)c7oc8ccccc8c7n6)cc5)c34)cc2)cc1. The third-order valence-corrected chi connectivity index (χ3v) is 11.7. The Bertz CT molecular complexity index is 3530. The summed E-state index contributed by atoms with van der Waals surface area (Å²) in [6.07, 6.45) is 0. The maximum absolute atomic E-state index is 6.56. The van der Waals surface area contributed by atoms with E-state index in [9.17, 15) is 0 Å². The predicted molar refractivity (Wildman–Crippen MR) is 251 cm³/mol. The van der Waals surface area contributed by atoms with Crippen molar-refractivity contribution in [2.24, 2.45) is 0 Å². The fourth-order valence-corrected chi connectivity index (χ4v) is 8.70. The van der Waals surface area contributed by atoms with Gasteiger partial charge in [-0.05, 0) is 106 Å². The van der Waals surface area contributed by atoms with Crippen LogP contribution in [0.1, 0.15) is 0 Å². The van der Waals surface area contributed by atoms with Gasteiger partial charge in [0.25, 0.3) is 0 Å². The number of nitrogens with zero attached hydrogens (tertiary/aromatic N) is 3. The molecule has 0 saturated heterocycles. The minimum Gasteiger partial charge on any atom is -0.456 e. The van der Waals surface area contributed by atoms with Crippen LogP contribution in [0.4, 0.5) is 17.1 Å². The molecule has 0 atom stereocenters. The molecule has 0 aliphatic rings. The smallest absolute Gasteiger partial charge is 0.180 e. The van der Waals surface area contributed by atoms with Gasteiger partial charge in [0.05, 0.1) is 0 Å². The van der Waals surface area contributed by atoms with Crippen LogP contribution < -0.4 is 4.90 Å². The van der Waals surface area contributed by atoms with Crippen LogP contribution in [0.25, 0.3) is 99.7 Å². The third-order valence-electron chi connectivity index (χ3n) is 11.7. The Labute approximate surface area is 351 Å². The highest BCUT2D eigenvalue weighted by Gasteiger charge is 2.20. The molecular formula is C56H35N3O2. The van der Waals surface area contributed by atoms with E-state index in [1.54, 1.807) is 0 Å². The zero-order chi connectivity index (χ0) is 40.3. The van der Waals surface area contributed by atoms with E-state index in [4.69, 9.17) is 18.8 Å². The van der Waals surface area contributed by atoms with E-state index in [-0.39, 0.29) is 0 Å². The number of hydrogen-bond acceptors (Lipinski definition) is 5. The molecule has 3 heterocycles. The monoisotopic (exact) mass is 781 g/mol. The summed E-state index contributed by atoms with van der Waals surface area (Å²) < 4.78 is 13.0. The molecule has 0 N–H and O–H groups in total. The van der Waals surface area contributed by atoms with Gasteiger partial charge in [0.15, 0.2) is 11.4 Å². The second kappa shape index (κ2) is 14.2. The summed E-state index contributed by atoms with van der Waals surface area (Å²) in [6.45, 7) is 0. The van der Waals surface area contributed by atoms with E-state index in [2.05, 4.69) is 187 Å². The van der Waals surface area contributed by atoms with Crippen LogP contribution in [-0.2, 0) is 0 Å². The Kier molecular flexibility index (Phi) is 8.10. The Morgan fingerprint density at radius 3 is 1.77 bits per heavy atom. The minimum atomic E-state index is 0.647. The fourth-order valence-electron chi connectivity index (χ4n) is 8.70. The average Bonchev–Trinajstić information content (AvgIpc) is 3.90. The number of fused-ring (bicyclic) bond motifs is 7. The Balaban J connectivity index is 0.894. The number of hydrogen-bond donors (Lipinski definition) is 0. The summed E-state index contributed by atoms with van der Waals surface area (Å²) in [5.74, 6) is 0.647. The second-order valence-electron chi connectivity index (χ2n) is 15.4. The van der Waals surface area contributed by atoms with Crippen molar-refractivity contribution < 1.29 is 8.83 Å². The van der Waals surface area contributed by atoms with Gasteiger partial charge >= 0.3 is 0 Å². The lowest BCUT2D eigenvalue weighted by atomic mass is 9.97. The third kappa shape index (κ3) is 6.02. The van der Waals surface area contributed by atoms with Crippen LogP contribution in [0.5, 0.6) is 0 Å². The van der Waals surface area contributed by atoms with Gasteiger partial charge in [0.2, 0.25) is 0 Å². The molecule has 12 aromatic rings. The Morgan fingerprint density at radius 2 is 0.984 bits per heavy atom. The summed E-state index contributed by atoms with van der Waals surface area (Å²) in [7, 11) is 0. The molecule has 0 saturated carbocycles. The van der Waals surface area contributed by atoms with Crippen LogP contribution in [0.15, 0.2) is 221 Å². The molecule has 286 valence electrons. The van der Waals surface area contributed by atoms with Crippen molar-refractivity contribution in [3.63, 3.8) is 0 Å². The number of rotatable bonds is 7. The van der Waals surface area contributed by atoms with Crippen molar-refractivity contribution in [2.75, 3.05) is 4.90 Å². The zero-order valence-electron chi connectivity index (χ0n) is 32.9. The normalized spacial score (nSPS) is 11.6. The van der Waals surface area contributed by atoms with Gasteiger partial charge in [-0.25, -0.2) is 9.97 Å². The lowest BCUT2D eigenvalue weighted by Crippen LogP contribution is -2.09. The molecule has 61 heavy (non-hydrogen) atoms. The second-order valence-corrected chi connectivity index (χ2v) is 15.4. The van der Waals surface area contributed by atoms with Gasteiger partial charge in [-0.3, -0.25) is 0 Å². The first-order valence-electron chi connectivity index (χ1n) is 20.5. The molecule has 0 unspecified atom stereocenters. The highest BCUT2D eigenvalue weighted by Crippen LogP contribution is 2.41. The molecule has 0 aliphatic carbocycles. The summed E-state index contributed by atoms with van der Waals surface area (Å²) in [5.41, 5.74) is 14.4. The molecule has 0 amide bonds. The molecule has 9 aromatic carbocycles. The summed E-state index contributed by atoms with van der Waals surface area (Å²) in [5, 5.41) is 5.47. The average molecular weight is 782 g/mol. The lowest BCUT2D eigenvalue weighted by Gasteiger charge is -2.25. The summed E-state index contributed by atoms with van der Waals surface area (Å²) in [6, 6.07) is 73.9. The maximum Gasteiger partial charge on any atom is 0.180 e. The van der Waals surface area contributed by atoms with Gasteiger partial charge in [-0.2, -0.15) is 0 Å².